The van der Waals surface area contributed by atoms with Crippen LogP contribution in [0.5, 0.6) is 0 Å². The quantitative estimate of drug-likeness (QED) is 0.511. The Morgan fingerprint density at radius 1 is 1.38 bits per heavy atom. The normalized spacial score (nSPS) is 13.3. The number of hydrogen-bond donors (Lipinski definition) is 0. The van der Waals surface area contributed by atoms with Gasteiger partial charge in [0, 0.05) is 12.7 Å². The summed E-state index contributed by atoms with van der Waals surface area (Å²) in [6.45, 7) is 8.14. The van der Waals surface area contributed by atoms with Crippen LogP contribution in [0.2, 0.25) is 0 Å². The predicted octanol–water partition coefficient (Wildman–Crippen LogP) is 4.91. The van der Waals surface area contributed by atoms with E-state index in [1.165, 1.54) is 18.2 Å². The van der Waals surface area contributed by atoms with Crippen LogP contribution in [-0.4, -0.2) is 22.1 Å². The van der Waals surface area contributed by atoms with Crippen molar-refractivity contribution >= 4 is 17.0 Å². The fourth-order valence-corrected chi connectivity index (χ4v) is 3.45. The fourth-order valence-electron chi connectivity index (χ4n) is 3.45. The Morgan fingerprint density at radius 2 is 2.14 bits per heavy atom. The Morgan fingerprint density at radius 3 is 2.83 bits per heavy atom. The van der Waals surface area contributed by atoms with Gasteiger partial charge < -0.3 is 9.30 Å². The van der Waals surface area contributed by atoms with E-state index in [2.05, 4.69) is 4.98 Å². The van der Waals surface area contributed by atoms with Crippen LogP contribution < -0.4 is 5.56 Å². The maximum absolute atomic E-state index is 13.2. The van der Waals surface area contributed by atoms with Crippen LogP contribution >= 0.6 is 0 Å². The Hall–Kier alpha value is -2.76. The molecule has 2 aromatic rings. The number of pyridine rings is 2. The molecule has 0 N–H and O–H groups in total. The van der Waals surface area contributed by atoms with E-state index in [0.29, 0.717) is 18.5 Å². The Balaban J connectivity index is 0.00000145. The van der Waals surface area contributed by atoms with Gasteiger partial charge in [-0.15, -0.1) is 0 Å². The first kappa shape index (κ1) is 22.5. The Kier molecular flexibility index (Phi) is 8.31. The molecule has 6 heteroatoms. The topological polar surface area (TPSA) is 61.2 Å². The Bertz CT molecular complexity index is 990. The molecule has 0 bridgehead atoms. The second kappa shape index (κ2) is 10.7. The zero-order chi connectivity index (χ0) is 21.4. The van der Waals surface area contributed by atoms with E-state index < -0.39 is 5.97 Å². The first-order valence-corrected chi connectivity index (χ1v) is 10.3. The van der Waals surface area contributed by atoms with Crippen molar-refractivity contribution in [1.29, 1.82) is 0 Å². The largest absolute Gasteiger partial charge is 0.462 e. The van der Waals surface area contributed by atoms with E-state index in [0.717, 1.165) is 35.9 Å². The third kappa shape index (κ3) is 5.00. The molecule has 156 valence electrons. The number of nitrogens with zero attached hydrogens (tertiary/aromatic N) is 2. The monoisotopic (exact) mass is 400 g/mol. The number of hydrogen-bond acceptors (Lipinski definition) is 4. The molecule has 1 aliphatic heterocycles. The molecule has 3 heterocycles. The summed E-state index contributed by atoms with van der Waals surface area (Å²) in [5, 5.41) is 0. The number of ether oxygens (including phenoxy) is 1. The van der Waals surface area contributed by atoms with Crippen LogP contribution in [0.25, 0.3) is 11.0 Å². The van der Waals surface area contributed by atoms with Gasteiger partial charge in [-0.3, -0.25) is 9.78 Å². The summed E-state index contributed by atoms with van der Waals surface area (Å²) < 4.78 is 19.8. The summed E-state index contributed by atoms with van der Waals surface area (Å²) in [6, 6.07) is 1.53. The van der Waals surface area contributed by atoms with Gasteiger partial charge >= 0.3 is 5.97 Å². The number of halogens is 1. The van der Waals surface area contributed by atoms with Crippen LogP contribution in [-0.2, 0) is 24.1 Å². The minimum absolute atomic E-state index is 0.0298. The van der Waals surface area contributed by atoms with Crippen LogP contribution in [0.3, 0.4) is 0 Å². The number of aryl methyl sites for hydroxylation is 3. The summed E-state index contributed by atoms with van der Waals surface area (Å²) >= 11 is 0. The summed E-state index contributed by atoms with van der Waals surface area (Å²) in [5.41, 5.74) is 3.30. The maximum Gasteiger partial charge on any atom is 0.343 e. The highest BCUT2D eigenvalue weighted by Gasteiger charge is 2.22. The first-order chi connectivity index (χ1) is 14.1. The van der Waals surface area contributed by atoms with Crippen molar-refractivity contribution < 1.29 is 13.9 Å². The highest BCUT2D eigenvalue weighted by molar-refractivity contribution is 5.93. The number of esters is 1. The lowest BCUT2D eigenvalue weighted by Crippen LogP contribution is -2.30. The van der Waals surface area contributed by atoms with Crippen molar-refractivity contribution in [1.82, 2.24) is 9.55 Å². The second-order valence-electron chi connectivity index (χ2n) is 6.45. The van der Waals surface area contributed by atoms with Gasteiger partial charge in [0.25, 0.3) is 5.56 Å². The molecular weight excluding hydrogens is 371 g/mol. The molecule has 0 radical (unpaired) electrons. The minimum atomic E-state index is -0.609. The van der Waals surface area contributed by atoms with E-state index in [-0.39, 0.29) is 23.6 Å². The van der Waals surface area contributed by atoms with E-state index in [4.69, 9.17) is 4.74 Å². The van der Waals surface area contributed by atoms with E-state index in [1.54, 1.807) is 30.7 Å². The maximum atomic E-state index is 13.2. The van der Waals surface area contributed by atoms with Gasteiger partial charge in [-0.05, 0) is 62.8 Å². The number of allylic oxidation sites excluding steroid dienone is 4. The van der Waals surface area contributed by atoms with Gasteiger partial charge in [-0.25, -0.2) is 9.18 Å². The zero-order valence-corrected chi connectivity index (χ0v) is 17.6. The minimum Gasteiger partial charge on any atom is -0.462 e. The lowest BCUT2D eigenvalue weighted by Gasteiger charge is -2.22. The average molecular weight is 400 g/mol. The SMILES string of the molecule is C/C=C(F)\C=C/CCc1cnc2cc(C(=O)OCC)c(=O)n3c2c1CCC3.CC. The van der Waals surface area contributed by atoms with Crippen LogP contribution in [0.4, 0.5) is 4.39 Å². The van der Waals surface area contributed by atoms with Gasteiger partial charge in [0.1, 0.15) is 11.4 Å². The average Bonchev–Trinajstić information content (AvgIpc) is 2.75. The van der Waals surface area contributed by atoms with Crippen molar-refractivity contribution in [3.05, 3.63) is 63.4 Å². The van der Waals surface area contributed by atoms with Gasteiger partial charge in [0.05, 0.1) is 17.6 Å². The third-order valence-corrected chi connectivity index (χ3v) is 4.74. The number of carbonyl (C=O) groups excluding carboxylic acids is 1. The van der Waals surface area contributed by atoms with Crippen molar-refractivity contribution in [2.45, 2.75) is 59.9 Å². The molecule has 0 spiro atoms. The molecule has 3 rings (SSSR count). The highest BCUT2D eigenvalue weighted by Crippen LogP contribution is 2.27. The molecule has 0 atom stereocenters. The molecule has 0 saturated carbocycles. The molecule has 29 heavy (non-hydrogen) atoms. The van der Waals surface area contributed by atoms with Crippen molar-refractivity contribution in [3.8, 4) is 0 Å². The number of rotatable bonds is 6. The molecule has 0 amide bonds. The summed E-state index contributed by atoms with van der Waals surface area (Å²) in [7, 11) is 0. The van der Waals surface area contributed by atoms with Crippen molar-refractivity contribution in [3.63, 3.8) is 0 Å². The standard InChI is InChI=1S/C21H23FN2O3.C2H6/c1-3-15(22)9-6-5-8-14-13-23-18-12-17(21(26)27-4-2)20(25)24-11-7-10-16(14)19(18)24;1-2/h3,6,9,12-13H,4-5,7-8,10-11H2,1-2H3;1-2H3/b9-6-,15-3+;. The summed E-state index contributed by atoms with van der Waals surface area (Å²) in [6.07, 6.45) is 9.57. The summed E-state index contributed by atoms with van der Waals surface area (Å²) in [4.78, 5) is 29.3. The molecule has 2 aromatic heterocycles. The van der Waals surface area contributed by atoms with Crippen LogP contribution in [0.1, 0.15) is 62.0 Å². The second-order valence-corrected chi connectivity index (χ2v) is 6.45. The lowest BCUT2D eigenvalue weighted by molar-refractivity contribution is 0.0523. The lowest BCUT2D eigenvalue weighted by atomic mass is 9.96. The van der Waals surface area contributed by atoms with Gasteiger partial charge in [0.15, 0.2) is 0 Å². The predicted molar refractivity (Wildman–Crippen MR) is 114 cm³/mol. The Labute approximate surface area is 170 Å². The third-order valence-electron chi connectivity index (χ3n) is 4.74. The summed E-state index contributed by atoms with van der Waals surface area (Å²) in [5.74, 6) is -0.865. The van der Waals surface area contributed by atoms with E-state index in [9.17, 15) is 14.0 Å². The van der Waals surface area contributed by atoms with Gasteiger partial charge in [-0.2, -0.15) is 0 Å². The highest BCUT2D eigenvalue weighted by atomic mass is 19.1. The van der Waals surface area contributed by atoms with Crippen molar-refractivity contribution in [2.24, 2.45) is 0 Å². The van der Waals surface area contributed by atoms with E-state index >= 15 is 0 Å². The molecule has 1 aliphatic rings. The molecule has 0 unspecified atom stereocenters. The van der Waals surface area contributed by atoms with E-state index in [1.807, 2.05) is 13.8 Å². The number of aromatic nitrogens is 2. The molecule has 0 fully saturated rings. The molecule has 0 aromatic carbocycles. The smallest absolute Gasteiger partial charge is 0.343 e. The molecule has 0 aliphatic carbocycles. The zero-order valence-electron chi connectivity index (χ0n) is 17.6. The van der Waals surface area contributed by atoms with Crippen LogP contribution in [0.15, 0.2) is 41.1 Å². The van der Waals surface area contributed by atoms with Gasteiger partial charge in [0.2, 0.25) is 0 Å². The number of carbonyl (C=O) groups is 1. The van der Waals surface area contributed by atoms with Gasteiger partial charge in [-0.1, -0.05) is 26.0 Å². The molecule has 5 nitrogen and oxygen atoms in total. The van der Waals surface area contributed by atoms with Crippen LogP contribution in [0, 0.1) is 0 Å². The fraction of sp³-hybridized carbons (Fsp3) is 0.435. The molecule has 0 saturated heterocycles. The first-order valence-electron chi connectivity index (χ1n) is 10.3. The molecular formula is C23H29FN2O3. The van der Waals surface area contributed by atoms with Crippen molar-refractivity contribution in [2.75, 3.05) is 6.61 Å².